The van der Waals surface area contributed by atoms with Crippen LogP contribution in [0.2, 0.25) is 0 Å². The second-order valence-corrected chi connectivity index (χ2v) is 2.56. The first-order valence-electron chi connectivity index (χ1n) is 3.96. The van der Waals surface area contributed by atoms with Crippen LogP contribution >= 0.6 is 0 Å². The minimum absolute atomic E-state index is 0.0833. The molecule has 0 atom stereocenters. The number of benzene rings is 1. The number of aliphatic hydroxyl groups is 1. The minimum Gasteiger partial charge on any atom is -0.392 e. The Morgan fingerprint density at radius 1 is 1.25 bits per heavy atom. The van der Waals surface area contributed by atoms with E-state index in [-0.39, 0.29) is 6.61 Å². The monoisotopic (exact) mass is 164 g/mol. The zero-order valence-electron chi connectivity index (χ0n) is 7.75. The molecule has 1 N–H and O–H groups in total. The molecule has 0 aliphatic carbocycles. The summed E-state index contributed by atoms with van der Waals surface area (Å²) in [6.45, 7) is 7.55. The predicted octanol–water partition coefficient (Wildman–Crippen LogP) is 2.47. The summed E-state index contributed by atoms with van der Waals surface area (Å²) < 4.78 is 0. The molecule has 0 radical (unpaired) electrons. The fourth-order valence-corrected chi connectivity index (χ4v) is 0.663. The highest BCUT2D eigenvalue weighted by Gasteiger charge is 1.83. The summed E-state index contributed by atoms with van der Waals surface area (Å²) in [6, 6.07) is 8.36. The summed E-state index contributed by atoms with van der Waals surface area (Å²) in [5, 5.41) is 7.76. The zero-order valence-corrected chi connectivity index (χ0v) is 7.75. The third kappa shape index (κ3) is 4.69. The Labute approximate surface area is 74.4 Å². The number of aliphatic hydroxyl groups excluding tert-OH is 1. The van der Waals surface area contributed by atoms with Gasteiger partial charge in [-0.15, -0.1) is 6.58 Å². The van der Waals surface area contributed by atoms with Crippen molar-refractivity contribution in [3.8, 4) is 0 Å². The van der Waals surface area contributed by atoms with Gasteiger partial charge in [-0.3, -0.25) is 0 Å². The molecule has 0 aliphatic heterocycles. The van der Waals surface area contributed by atoms with E-state index in [1.54, 1.807) is 0 Å². The van der Waals surface area contributed by atoms with E-state index in [9.17, 15) is 0 Å². The molecule has 0 fully saturated rings. The van der Waals surface area contributed by atoms with Gasteiger partial charge in [-0.1, -0.05) is 30.3 Å². The molecule has 66 valence electrons. The molecule has 0 unspecified atom stereocenters. The lowest BCUT2D eigenvalue weighted by molar-refractivity contribution is 0.343. The lowest BCUT2D eigenvalue weighted by Gasteiger charge is -1.93. The molecule has 0 bridgehead atoms. The molecule has 0 heterocycles. The van der Waals surface area contributed by atoms with E-state index in [0.717, 1.165) is 0 Å². The van der Waals surface area contributed by atoms with Crippen LogP contribution in [0.15, 0.2) is 36.9 Å². The van der Waals surface area contributed by atoms with Crippen molar-refractivity contribution < 1.29 is 5.11 Å². The molecule has 0 amide bonds. The normalized spacial score (nSPS) is 8.25. The van der Waals surface area contributed by atoms with Gasteiger partial charge in [0.1, 0.15) is 0 Å². The molecule has 12 heavy (non-hydrogen) atoms. The number of aryl methyl sites for hydroxylation is 2. The Bertz CT molecular complexity index is 207. The van der Waals surface area contributed by atoms with Crippen LogP contribution < -0.4 is 0 Å². The van der Waals surface area contributed by atoms with E-state index in [1.807, 2.05) is 0 Å². The van der Waals surface area contributed by atoms with Crippen LogP contribution in [0.4, 0.5) is 0 Å². The van der Waals surface area contributed by atoms with E-state index < -0.39 is 0 Å². The molecule has 1 heteroatoms. The van der Waals surface area contributed by atoms with Gasteiger partial charge in [0.25, 0.3) is 0 Å². The van der Waals surface area contributed by atoms with Gasteiger partial charge in [0, 0.05) is 0 Å². The Kier molecular flexibility index (Phi) is 6.02. The largest absolute Gasteiger partial charge is 0.392 e. The Morgan fingerprint density at radius 2 is 1.58 bits per heavy atom. The minimum atomic E-state index is 0.0833. The maximum atomic E-state index is 7.76. The standard InChI is InChI=1S/C8H10.C3H6O/c1-7-5-3-4-6-8(7)2;1-2-3-4/h3-6H,1-2H3;2,4H,1,3H2. The van der Waals surface area contributed by atoms with Crippen molar-refractivity contribution in [1.29, 1.82) is 0 Å². The maximum Gasteiger partial charge on any atom is 0.0609 e. The molecule has 0 spiro atoms. The lowest BCUT2D eigenvalue weighted by atomic mass is 10.1. The van der Waals surface area contributed by atoms with Crippen molar-refractivity contribution in [3.63, 3.8) is 0 Å². The zero-order chi connectivity index (χ0) is 9.40. The van der Waals surface area contributed by atoms with Crippen LogP contribution in [0.5, 0.6) is 0 Å². The molecular formula is C11H16O. The first-order valence-corrected chi connectivity index (χ1v) is 3.96. The molecule has 1 nitrogen and oxygen atoms in total. The van der Waals surface area contributed by atoms with E-state index >= 15 is 0 Å². The SMILES string of the molecule is C=CCO.Cc1ccccc1C. The first-order chi connectivity index (χ1) is 5.72. The van der Waals surface area contributed by atoms with Crippen LogP contribution in [0.3, 0.4) is 0 Å². The quantitative estimate of drug-likeness (QED) is 0.632. The highest BCUT2D eigenvalue weighted by molar-refractivity contribution is 5.23. The van der Waals surface area contributed by atoms with Crippen molar-refractivity contribution in [3.05, 3.63) is 48.0 Å². The summed E-state index contributed by atoms with van der Waals surface area (Å²) in [5.74, 6) is 0. The van der Waals surface area contributed by atoms with Gasteiger partial charge in [0.2, 0.25) is 0 Å². The fraction of sp³-hybridized carbons (Fsp3) is 0.273. The molecule has 1 aromatic rings. The van der Waals surface area contributed by atoms with Gasteiger partial charge in [0.05, 0.1) is 6.61 Å². The van der Waals surface area contributed by atoms with Gasteiger partial charge in [0.15, 0.2) is 0 Å². The number of hydrogen-bond donors (Lipinski definition) is 1. The van der Waals surface area contributed by atoms with Crippen molar-refractivity contribution >= 4 is 0 Å². The van der Waals surface area contributed by atoms with Gasteiger partial charge >= 0.3 is 0 Å². The molecule has 0 saturated carbocycles. The fourth-order valence-electron chi connectivity index (χ4n) is 0.663. The average molecular weight is 164 g/mol. The molecule has 1 aromatic carbocycles. The van der Waals surface area contributed by atoms with Gasteiger partial charge in [-0.25, -0.2) is 0 Å². The third-order valence-electron chi connectivity index (χ3n) is 1.55. The van der Waals surface area contributed by atoms with Crippen LogP contribution in [0.25, 0.3) is 0 Å². The molecule has 0 saturated heterocycles. The van der Waals surface area contributed by atoms with Crippen LogP contribution in [-0.4, -0.2) is 11.7 Å². The number of rotatable bonds is 1. The van der Waals surface area contributed by atoms with Gasteiger partial charge in [-0.05, 0) is 25.0 Å². The van der Waals surface area contributed by atoms with E-state index in [0.29, 0.717) is 0 Å². The second kappa shape index (κ2) is 6.62. The van der Waals surface area contributed by atoms with Crippen molar-refractivity contribution in [1.82, 2.24) is 0 Å². The van der Waals surface area contributed by atoms with Gasteiger partial charge < -0.3 is 5.11 Å². The van der Waals surface area contributed by atoms with Crippen molar-refractivity contribution in [2.45, 2.75) is 13.8 Å². The summed E-state index contributed by atoms with van der Waals surface area (Å²) in [7, 11) is 0. The Morgan fingerprint density at radius 3 is 1.75 bits per heavy atom. The molecule has 0 aromatic heterocycles. The highest BCUT2D eigenvalue weighted by Crippen LogP contribution is 2.02. The first kappa shape index (κ1) is 10.9. The topological polar surface area (TPSA) is 20.2 Å². The Balaban J connectivity index is 0.000000261. The maximum absolute atomic E-state index is 7.76. The van der Waals surface area contributed by atoms with Crippen molar-refractivity contribution in [2.24, 2.45) is 0 Å². The van der Waals surface area contributed by atoms with E-state index in [4.69, 9.17) is 5.11 Å². The van der Waals surface area contributed by atoms with Crippen LogP contribution in [0, 0.1) is 13.8 Å². The molecular weight excluding hydrogens is 148 g/mol. The highest BCUT2D eigenvalue weighted by atomic mass is 16.2. The summed E-state index contributed by atoms with van der Waals surface area (Å²) in [4.78, 5) is 0. The summed E-state index contributed by atoms with van der Waals surface area (Å²) in [5.41, 5.74) is 2.74. The smallest absolute Gasteiger partial charge is 0.0609 e. The Hall–Kier alpha value is -1.08. The predicted molar refractivity (Wildman–Crippen MR) is 53.2 cm³/mol. The van der Waals surface area contributed by atoms with Gasteiger partial charge in [-0.2, -0.15) is 0 Å². The van der Waals surface area contributed by atoms with Crippen LogP contribution in [0.1, 0.15) is 11.1 Å². The second-order valence-electron chi connectivity index (χ2n) is 2.56. The third-order valence-corrected chi connectivity index (χ3v) is 1.55. The molecule has 1 rings (SSSR count). The lowest BCUT2D eigenvalue weighted by Crippen LogP contribution is -1.74. The van der Waals surface area contributed by atoms with E-state index in [2.05, 4.69) is 44.7 Å². The summed E-state index contributed by atoms with van der Waals surface area (Å²) in [6.07, 6.45) is 1.43. The van der Waals surface area contributed by atoms with E-state index in [1.165, 1.54) is 17.2 Å². The molecule has 0 aliphatic rings. The number of hydrogen-bond acceptors (Lipinski definition) is 1. The van der Waals surface area contributed by atoms with Crippen LogP contribution in [-0.2, 0) is 0 Å². The average Bonchev–Trinajstić information content (AvgIpc) is 2.11. The van der Waals surface area contributed by atoms with Crippen molar-refractivity contribution in [2.75, 3.05) is 6.61 Å². The summed E-state index contributed by atoms with van der Waals surface area (Å²) >= 11 is 0.